The molecule has 1 heterocycles. The highest BCUT2D eigenvalue weighted by atomic mass is 127. The van der Waals surface area contributed by atoms with Crippen LogP contribution >= 0.6 is 32.8 Å². The molecule has 0 fully saturated rings. The molecule has 0 amide bonds. The number of aromatic nitrogens is 2. The summed E-state index contributed by atoms with van der Waals surface area (Å²) in [6, 6.07) is 0. The van der Waals surface area contributed by atoms with Crippen molar-refractivity contribution in [3.05, 3.63) is 17.4 Å². The summed E-state index contributed by atoms with van der Waals surface area (Å²) in [5.41, 5.74) is 0.374. The lowest BCUT2D eigenvalue weighted by Crippen LogP contribution is -1.91. The molecule has 0 aliphatic rings. The van der Waals surface area contributed by atoms with Gasteiger partial charge in [0.15, 0.2) is 5.15 Å². The Bertz CT molecular complexity index is 451. The number of rotatable bonds is 2. The molecule has 13 heavy (non-hydrogen) atoms. The predicted octanol–water partition coefficient (Wildman–Crippen LogP) is 2.07. The lowest BCUT2D eigenvalue weighted by molar-refractivity contribution is 0.612. The standard InChI is InChI=1S/C6H6ClIN2O2S/c1-3-10-6(7)5(4(2)9-10)13(8,11)12/h3H,1H2,2H3. The van der Waals surface area contributed by atoms with Gasteiger partial charge in [-0.1, -0.05) is 18.2 Å². The minimum absolute atomic E-state index is 0.0506. The Labute approximate surface area is 93.1 Å². The molecule has 1 aromatic rings. The molecule has 1 rings (SSSR count). The van der Waals surface area contributed by atoms with Gasteiger partial charge in [0.1, 0.15) is 4.90 Å². The topological polar surface area (TPSA) is 52.0 Å². The van der Waals surface area contributed by atoms with Crippen LogP contribution in [-0.2, 0) is 7.01 Å². The first-order valence-corrected chi connectivity index (χ1v) is 7.60. The van der Waals surface area contributed by atoms with Crippen LogP contribution in [0.4, 0.5) is 0 Å². The highest BCUT2D eigenvalue weighted by Gasteiger charge is 2.22. The van der Waals surface area contributed by atoms with E-state index in [1.165, 1.54) is 32.1 Å². The van der Waals surface area contributed by atoms with Crippen LogP contribution in [0.1, 0.15) is 5.69 Å². The van der Waals surface area contributed by atoms with Crippen molar-refractivity contribution in [1.29, 1.82) is 0 Å². The van der Waals surface area contributed by atoms with Crippen LogP contribution in [0.2, 0.25) is 5.15 Å². The lowest BCUT2D eigenvalue weighted by Gasteiger charge is -1.93. The maximum absolute atomic E-state index is 11.2. The van der Waals surface area contributed by atoms with Crippen LogP contribution in [0.15, 0.2) is 11.5 Å². The first-order valence-electron chi connectivity index (χ1n) is 3.19. The monoisotopic (exact) mass is 332 g/mol. The molecule has 0 aromatic carbocycles. The fourth-order valence-electron chi connectivity index (χ4n) is 0.902. The Morgan fingerprint density at radius 3 is 2.46 bits per heavy atom. The van der Waals surface area contributed by atoms with Gasteiger partial charge in [-0.2, -0.15) is 5.10 Å². The van der Waals surface area contributed by atoms with Crippen molar-refractivity contribution in [2.75, 3.05) is 0 Å². The van der Waals surface area contributed by atoms with E-state index in [0.717, 1.165) is 0 Å². The zero-order valence-electron chi connectivity index (χ0n) is 6.66. The summed E-state index contributed by atoms with van der Waals surface area (Å²) in [7, 11) is -3.35. The fourth-order valence-corrected chi connectivity index (χ4v) is 4.11. The smallest absolute Gasteiger partial charge is 0.228 e. The molecule has 0 spiro atoms. The predicted molar refractivity (Wildman–Crippen MR) is 59.6 cm³/mol. The van der Waals surface area contributed by atoms with E-state index in [1.807, 2.05) is 0 Å². The lowest BCUT2D eigenvalue weighted by atomic mass is 10.5. The van der Waals surface area contributed by atoms with Crippen LogP contribution in [0.3, 0.4) is 0 Å². The zero-order valence-corrected chi connectivity index (χ0v) is 10.4. The molecule has 7 heteroatoms. The molecule has 0 saturated carbocycles. The minimum Gasteiger partial charge on any atom is -0.228 e. The van der Waals surface area contributed by atoms with Crippen molar-refractivity contribution in [2.45, 2.75) is 11.8 Å². The van der Waals surface area contributed by atoms with Gasteiger partial charge in [0.2, 0.25) is 7.01 Å². The molecule has 72 valence electrons. The first-order chi connectivity index (χ1) is 5.88. The SMILES string of the molecule is C=Cn1nc(C)c(S(=O)(=O)I)c1Cl. The second-order valence-electron chi connectivity index (χ2n) is 2.27. The fraction of sp³-hybridized carbons (Fsp3) is 0.167. The second kappa shape index (κ2) is 3.58. The zero-order chi connectivity index (χ0) is 10.2. The van der Waals surface area contributed by atoms with E-state index in [1.54, 1.807) is 6.92 Å². The van der Waals surface area contributed by atoms with Crippen molar-refractivity contribution in [3.8, 4) is 0 Å². The molecule has 4 nitrogen and oxygen atoms in total. The van der Waals surface area contributed by atoms with Crippen LogP contribution in [0.25, 0.3) is 6.20 Å². The van der Waals surface area contributed by atoms with Gasteiger partial charge < -0.3 is 0 Å². The first kappa shape index (κ1) is 11.0. The molecule has 0 unspecified atom stereocenters. The molecule has 0 N–H and O–H groups in total. The quantitative estimate of drug-likeness (QED) is 0.615. The molecule has 0 aliphatic carbocycles. The van der Waals surface area contributed by atoms with E-state index in [9.17, 15) is 8.42 Å². The Balaban J connectivity index is 3.56. The molecular formula is C6H6ClIN2O2S. The maximum Gasteiger partial charge on any atom is 0.236 e. The maximum atomic E-state index is 11.2. The van der Waals surface area contributed by atoms with Crippen molar-refractivity contribution in [2.24, 2.45) is 0 Å². The average Bonchev–Trinajstić information content (AvgIpc) is 2.24. The van der Waals surface area contributed by atoms with Gasteiger partial charge in [0.25, 0.3) is 0 Å². The summed E-state index contributed by atoms with van der Waals surface area (Å²) in [5.74, 6) is 0. The Kier molecular flexibility index (Phi) is 3.03. The van der Waals surface area contributed by atoms with E-state index in [4.69, 9.17) is 11.6 Å². The van der Waals surface area contributed by atoms with Gasteiger partial charge in [0, 0.05) is 6.20 Å². The third-order valence-corrected chi connectivity index (χ3v) is 4.16. The largest absolute Gasteiger partial charge is 0.236 e. The Hall–Kier alpha value is -0.0800. The third-order valence-electron chi connectivity index (χ3n) is 1.39. The molecule has 0 saturated heterocycles. The molecule has 0 bridgehead atoms. The normalized spacial score (nSPS) is 11.6. The number of hydrogen-bond acceptors (Lipinski definition) is 3. The number of nitrogens with zero attached hydrogens (tertiary/aromatic N) is 2. The Morgan fingerprint density at radius 2 is 2.23 bits per heavy atom. The summed E-state index contributed by atoms with van der Waals surface area (Å²) in [5, 5.41) is 3.95. The molecule has 0 aliphatic heterocycles. The van der Waals surface area contributed by atoms with Gasteiger partial charge in [-0.3, -0.25) is 0 Å². The van der Waals surface area contributed by atoms with Crippen LogP contribution in [-0.4, -0.2) is 18.2 Å². The third kappa shape index (κ3) is 2.05. The number of hydrogen-bond donors (Lipinski definition) is 0. The van der Waals surface area contributed by atoms with Gasteiger partial charge in [-0.15, -0.1) is 0 Å². The summed E-state index contributed by atoms with van der Waals surface area (Å²) >= 11 is 7.08. The van der Waals surface area contributed by atoms with Crippen molar-refractivity contribution in [1.82, 2.24) is 9.78 Å². The van der Waals surface area contributed by atoms with Crippen LogP contribution in [0.5, 0.6) is 0 Å². The van der Waals surface area contributed by atoms with Crippen molar-refractivity contribution < 1.29 is 8.42 Å². The molecule has 1 aromatic heterocycles. The summed E-state index contributed by atoms with van der Waals surface area (Å²) in [6.45, 7) is 5.03. The van der Waals surface area contributed by atoms with E-state index in [0.29, 0.717) is 5.69 Å². The highest BCUT2D eigenvalue weighted by molar-refractivity contribution is 14.2. The van der Waals surface area contributed by atoms with E-state index in [-0.39, 0.29) is 10.0 Å². The van der Waals surface area contributed by atoms with E-state index in [2.05, 4.69) is 11.7 Å². The Morgan fingerprint density at radius 1 is 1.69 bits per heavy atom. The number of halogens is 2. The summed E-state index contributed by atoms with van der Waals surface area (Å²) in [4.78, 5) is 0.0506. The molecule has 0 atom stereocenters. The summed E-state index contributed by atoms with van der Waals surface area (Å²) in [6.07, 6.45) is 1.35. The van der Waals surface area contributed by atoms with E-state index >= 15 is 0 Å². The molecule has 0 radical (unpaired) electrons. The van der Waals surface area contributed by atoms with Gasteiger partial charge in [-0.25, -0.2) is 13.1 Å². The van der Waals surface area contributed by atoms with E-state index < -0.39 is 7.01 Å². The second-order valence-corrected chi connectivity index (χ2v) is 7.39. The minimum atomic E-state index is -3.35. The average molecular weight is 333 g/mol. The van der Waals surface area contributed by atoms with Crippen molar-refractivity contribution in [3.63, 3.8) is 0 Å². The summed E-state index contributed by atoms with van der Waals surface area (Å²) < 4.78 is 23.7. The number of aryl methyl sites for hydroxylation is 1. The van der Waals surface area contributed by atoms with Gasteiger partial charge in [0.05, 0.1) is 26.9 Å². The van der Waals surface area contributed by atoms with Crippen LogP contribution < -0.4 is 0 Å². The highest BCUT2D eigenvalue weighted by Crippen LogP contribution is 2.29. The van der Waals surface area contributed by atoms with Crippen molar-refractivity contribution >= 4 is 46.0 Å². The van der Waals surface area contributed by atoms with Gasteiger partial charge >= 0.3 is 0 Å². The molecular weight excluding hydrogens is 327 g/mol. The van der Waals surface area contributed by atoms with Crippen LogP contribution in [0, 0.1) is 6.92 Å². The van der Waals surface area contributed by atoms with Gasteiger partial charge in [-0.05, 0) is 6.92 Å².